The Hall–Kier alpha value is -1.64. The average molecular weight is 220 g/mol. The molecule has 88 valence electrons. The minimum absolute atomic E-state index is 0.456. The molecule has 0 radical (unpaired) electrons. The third-order valence-corrected chi connectivity index (χ3v) is 1.64. The van der Waals surface area contributed by atoms with Crippen LogP contribution in [0.25, 0.3) is 0 Å². The van der Waals surface area contributed by atoms with E-state index < -0.39 is 0 Å². The van der Waals surface area contributed by atoms with Crippen LogP contribution >= 0.6 is 0 Å². The van der Waals surface area contributed by atoms with Gasteiger partial charge in [0, 0.05) is 11.4 Å². The van der Waals surface area contributed by atoms with Gasteiger partial charge in [-0.1, -0.05) is 13.2 Å². The summed E-state index contributed by atoms with van der Waals surface area (Å²) in [7, 11) is 0. The van der Waals surface area contributed by atoms with Crippen LogP contribution in [0.2, 0.25) is 0 Å². The number of nitrogens with zero attached hydrogens (tertiary/aromatic N) is 2. The maximum absolute atomic E-state index is 5.45. The van der Waals surface area contributed by atoms with Gasteiger partial charge in [0.05, 0.1) is 11.9 Å². The molecule has 0 aromatic rings. The molecular weight excluding hydrogens is 200 g/mol. The molecule has 0 aliphatic heterocycles. The number of ether oxygens (including phenoxy) is 1. The number of allylic oxidation sites excluding steroid dienone is 3. The van der Waals surface area contributed by atoms with Crippen molar-refractivity contribution in [1.29, 1.82) is 0 Å². The van der Waals surface area contributed by atoms with Gasteiger partial charge in [0.15, 0.2) is 0 Å². The molecule has 0 rings (SSSR count). The number of hydrogen-bond donors (Lipinski definition) is 0. The highest BCUT2D eigenvalue weighted by atomic mass is 16.5. The molecule has 0 aromatic carbocycles. The van der Waals surface area contributed by atoms with Gasteiger partial charge in [-0.25, -0.2) is 0 Å². The standard InChI is InChI=1S/C13H20N2O/c1-7-11(4)14-8-13(6)16-9-12(5)15-10(2)3/h7-8H,1-2,9H2,3-6H3/b13-8+,14-11?,15-12?. The molecule has 0 bridgehead atoms. The highest BCUT2D eigenvalue weighted by molar-refractivity contribution is 5.92. The van der Waals surface area contributed by atoms with Crippen LogP contribution in [-0.4, -0.2) is 18.0 Å². The summed E-state index contributed by atoms with van der Waals surface area (Å²) in [5, 5.41) is 0. The van der Waals surface area contributed by atoms with Gasteiger partial charge in [-0.15, -0.1) is 0 Å². The maximum Gasteiger partial charge on any atom is 0.126 e. The number of hydrogen-bond acceptors (Lipinski definition) is 3. The van der Waals surface area contributed by atoms with Gasteiger partial charge in [-0.3, -0.25) is 9.98 Å². The summed E-state index contributed by atoms with van der Waals surface area (Å²) in [6.07, 6.45) is 3.36. The van der Waals surface area contributed by atoms with Gasteiger partial charge in [-0.2, -0.15) is 0 Å². The van der Waals surface area contributed by atoms with Gasteiger partial charge in [-0.05, 0) is 33.8 Å². The Morgan fingerprint density at radius 1 is 1.25 bits per heavy atom. The van der Waals surface area contributed by atoms with Gasteiger partial charge < -0.3 is 4.74 Å². The summed E-state index contributed by atoms with van der Waals surface area (Å²) in [5.74, 6) is 0.748. The molecule has 0 amide bonds. The predicted octanol–water partition coefficient (Wildman–Crippen LogP) is 3.51. The Balaban J connectivity index is 4.22. The van der Waals surface area contributed by atoms with E-state index in [0.29, 0.717) is 6.61 Å². The summed E-state index contributed by atoms with van der Waals surface area (Å²) in [5.41, 5.74) is 2.53. The zero-order valence-corrected chi connectivity index (χ0v) is 10.6. The third-order valence-electron chi connectivity index (χ3n) is 1.64. The first-order valence-corrected chi connectivity index (χ1v) is 5.11. The summed E-state index contributed by atoms with van der Waals surface area (Å²) in [6.45, 7) is 15.3. The van der Waals surface area contributed by atoms with Gasteiger partial charge >= 0.3 is 0 Å². The average Bonchev–Trinajstić information content (AvgIpc) is 2.22. The minimum Gasteiger partial charge on any atom is -0.491 e. The Morgan fingerprint density at radius 3 is 2.38 bits per heavy atom. The van der Waals surface area contributed by atoms with E-state index in [4.69, 9.17) is 4.74 Å². The molecule has 0 heterocycles. The maximum atomic E-state index is 5.45. The third kappa shape index (κ3) is 7.74. The SMILES string of the molecule is C=CC(C)=N/C=C(\C)OCC(C)=NC(=C)C. The van der Waals surface area contributed by atoms with Crippen LogP contribution in [0.1, 0.15) is 27.7 Å². The van der Waals surface area contributed by atoms with Crippen molar-refractivity contribution in [2.75, 3.05) is 6.61 Å². The second-order valence-corrected chi connectivity index (χ2v) is 3.59. The monoisotopic (exact) mass is 220 g/mol. The van der Waals surface area contributed by atoms with Crippen LogP contribution in [0.4, 0.5) is 0 Å². The molecule has 0 unspecified atom stereocenters. The minimum atomic E-state index is 0.456. The quantitative estimate of drug-likeness (QED) is 0.498. The molecule has 0 saturated heterocycles. The molecule has 0 N–H and O–H groups in total. The second-order valence-electron chi connectivity index (χ2n) is 3.59. The molecule has 0 aliphatic rings. The molecule has 16 heavy (non-hydrogen) atoms. The largest absolute Gasteiger partial charge is 0.491 e. The number of rotatable bonds is 6. The smallest absolute Gasteiger partial charge is 0.126 e. The number of aliphatic imine (C=N–C) groups is 2. The van der Waals surface area contributed by atoms with Crippen molar-refractivity contribution < 1.29 is 4.74 Å². The lowest BCUT2D eigenvalue weighted by Gasteiger charge is -2.04. The Morgan fingerprint density at radius 2 is 1.88 bits per heavy atom. The molecule has 0 aliphatic carbocycles. The van der Waals surface area contributed by atoms with E-state index >= 15 is 0 Å². The fourth-order valence-corrected chi connectivity index (χ4v) is 0.859. The lowest BCUT2D eigenvalue weighted by atomic mass is 10.4. The van der Waals surface area contributed by atoms with E-state index in [9.17, 15) is 0 Å². The van der Waals surface area contributed by atoms with Crippen LogP contribution in [-0.2, 0) is 4.74 Å². The molecule has 0 fully saturated rings. The van der Waals surface area contributed by atoms with Gasteiger partial charge in [0.1, 0.15) is 12.4 Å². The topological polar surface area (TPSA) is 34.0 Å². The normalized spacial score (nSPS) is 13.6. The first-order chi connectivity index (χ1) is 7.45. The van der Waals surface area contributed by atoms with E-state index in [1.807, 2.05) is 27.7 Å². The first kappa shape index (κ1) is 14.4. The van der Waals surface area contributed by atoms with Crippen molar-refractivity contribution in [3.05, 3.63) is 36.9 Å². The Labute approximate surface area is 98.0 Å². The zero-order chi connectivity index (χ0) is 12.6. The van der Waals surface area contributed by atoms with E-state index in [1.54, 1.807) is 12.3 Å². The first-order valence-electron chi connectivity index (χ1n) is 5.11. The Kier molecular flexibility index (Phi) is 6.84. The van der Waals surface area contributed by atoms with E-state index in [2.05, 4.69) is 23.1 Å². The van der Waals surface area contributed by atoms with Gasteiger partial charge in [0.25, 0.3) is 0 Å². The van der Waals surface area contributed by atoms with Crippen LogP contribution < -0.4 is 0 Å². The van der Waals surface area contributed by atoms with Crippen molar-refractivity contribution >= 4 is 11.4 Å². The van der Waals surface area contributed by atoms with E-state index in [1.165, 1.54) is 0 Å². The summed E-state index contributed by atoms with van der Waals surface area (Å²) in [6, 6.07) is 0. The van der Waals surface area contributed by atoms with Gasteiger partial charge in [0.2, 0.25) is 0 Å². The molecular formula is C13H20N2O. The van der Waals surface area contributed by atoms with Crippen molar-refractivity contribution in [2.24, 2.45) is 9.98 Å². The molecule has 0 spiro atoms. The van der Waals surface area contributed by atoms with Crippen molar-refractivity contribution in [3.8, 4) is 0 Å². The molecule has 3 heteroatoms. The Bertz CT molecular complexity index is 349. The second kappa shape index (κ2) is 7.63. The van der Waals surface area contributed by atoms with Crippen LogP contribution in [0.15, 0.2) is 46.9 Å². The summed E-state index contributed by atoms with van der Waals surface area (Å²) >= 11 is 0. The molecule has 0 aromatic heterocycles. The van der Waals surface area contributed by atoms with Crippen LogP contribution in [0.5, 0.6) is 0 Å². The summed E-state index contributed by atoms with van der Waals surface area (Å²) < 4.78 is 5.45. The van der Waals surface area contributed by atoms with E-state index in [-0.39, 0.29) is 0 Å². The fourth-order valence-electron chi connectivity index (χ4n) is 0.859. The van der Waals surface area contributed by atoms with E-state index in [0.717, 1.165) is 22.9 Å². The fraction of sp³-hybridized carbons (Fsp3) is 0.385. The molecule has 3 nitrogen and oxygen atoms in total. The van der Waals surface area contributed by atoms with Crippen molar-refractivity contribution in [2.45, 2.75) is 27.7 Å². The molecule has 0 atom stereocenters. The highest BCUT2D eigenvalue weighted by Gasteiger charge is 1.93. The predicted molar refractivity (Wildman–Crippen MR) is 70.9 cm³/mol. The van der Waals surface area contributed by atoms with Crippen molar-refractivity contribution in [3.63, 3.8) is 0 Å². The molecule has 0 saturated carbocycles. The van der Waals surface area contributed by atoms with Crippen LogP contribution in [0, 0.1) is 0 Å². The summed E-state index contributed by atoms with van der Waals surface area (Å²) in [4.78, 5) is 8.31. The highest BCUT2D eigenvalue weighted by Crippen LogP contribution is 1.99. The lowest BCUT2D eigenvalue weighted by molar-refractivity contribution is 0.260. The van der Waals surface area contributed by atoms with Crippen molar-refractivity contribution in [1.82, 2.24) is 0 Å². The van der Waals surface area contributed by atoms with Crippen LogP contribution in [0.3, 0.4) is 0 Å². The lowest BCUT2D eigenvalue weighted by Crippen LogP contribution is -2.03. The zero-order valence-electron chi connectivity index (χ0n) is 10.6.